The molecule has 3 nitrogen and oxygen atoms in total. The molecule has 0 spiro atoms. The van der Waals surface area contributed by atoms with E-state index in [0.717, 1.165) is 19.2 Å². The van der Waals surface area contributed by atoms with Crippen molar-refractivity contribution in [3.63, 3.8) is 0 Å². The zero-order chi connectivity index (χ0) is 15.6. The number of rotatable bonds is 5. The van der Waals surface area contributed by atoms with Crippen molar-refractivity contribution in [3.05, 3.63) is 35.4 Å². The van der Waals surface area contributed by atoms with Crippen LogP contribution in [0.25, 0.3) is 0 Å². The highest BCUT2D eigenvalue weighted by atomic mass is 19.4. The number of morpholine rings is 1. The molecule has 1 heterocycles. The number of nitrogens with zero attached hydrogens (tertiary/aromatic N) is 1. The van der Waals surface area contributed by atoms with Crippen LogP contribution in [0, 0.1) is 0 Å². The molecule has 1 atom stereocenters. The van der Waals surface area contributed by atoms with Gasteiger partial charge in [0.25, 0.3) is 0 Å². The van der Waals surface area contributed by atoms with Crippen LogP contribution in [0.3, 0.4) is 0 Å². The average Bonchev–Trinajstić information content (AvgIpc) is 3.32. The number of alkyl halides is 3. The lowest BCUT2D eigenvalue weighted by atomic mass is 10.1. The maximum Gasteiger partial charge on any atom is 0.416 e. The number of hydrogen-bond acceptors (Lipinski definition) is 3. The highest BCUT2D eigenvalue weighted by Crippen LogP contribution is 2.32. The fourth-order valence-electron chi connectivity index (χ4n) is 2.96. The summed E-state index contributed by atoms with van der Waals surface area (Å²) in [6.07, 6.45) is -1.71. The predicted octanol–water partition coefficient (Wildman–Crippen LogP) is 2.66. The number of halogens is 3. The molecule has 1 aliphatic heterocycles. The van der Waals surface area contributed by atoms with Crippen LogP contribution in [0.5, 0.6) is 0 Å². The first-order valence-electron chi connectivity index (χ1n) is 7.75. The van der Waals surface area contributed by atoms with E-state index < -0.39 is 11.7 Å². The van der Waals surface area contributed by atoms with Gasteiger partial charge in [0.1, 0.15) is 0 Å². The van der Waals surface area contributed by atoms with E-state index in [4.69, 9.17) is 4.74 Å². The van der Waals surface area contributed by atoms with Crippen molar-refractivity contribution < 1.29 is 17.9 Å². The maximum atomic E-state index is 12.9. The summed E-state index contributed by atoms with van der Waals surface area (Å²) >= 11 is 0. The molecule has 1 aromatic carbocycles. The van der Waals surface area contributed by atoms with Crippen molar-refractivity contribution in [1.29, 1.82) is 0 Å². The Morgan fingerprint density at radius 3 is 2.73 bits per heavy atom. The van der Waals surface area contributed by atoms with Gasteiger partial charge < -0.3 is 10.1 Å². The molecule has 0 bridgehead atoms. The Bertz CT molecular complexity index is 502. The minimum atomic E-state index is -4.30. The first-order chi connectivity index (χ1) is 10.5. The van der Waals surface area contributed by atoms with Crippen LogP contribution in [-0.4, -0.2) is 43.3 Å². The van der Waals surface area contributed by atoms with Gasteiger partial charge in [-0.1, -0.05) is 18.2 Å². The van der Waals surface area contributed by atoms with E-state index in [9.17, 15) is 13.2 Å². The number of nitrogens with one attached hydrogen (secondary N) is 1. The minimum absolute atomic E-state index is 0.0624. The standard InChI is InChI=1S/C16H21F3N2O/c17-16(18,19)15-4-2-1-3-12(15)9-20-10-14-11-21(7-8-22-14)13-5-6-13/h1-4,13-14,20H,5-11H2. The summed E-state index contributed by atoms with van der Waals surface area (Å²) in [6, 6.07) is 6.41. The summed E-state index contributed by atoms with van der Waals surface area (Å²) in [5.41, 5.74) is -0.281. The Balaban J connectivity index is 1.50. The second-order valence-electron chi connectivity index (χ2n) is 6.00. The molecule has 0 radical (unpaired) electrons. The molecular formula is C16H21F3N2O. The zero-order valence-electron chi connectivity index (χ0n) is 12.4. The van der Waals surface area contributed by atoms with Gasteiger partial charge in [0, 0.05) is 32.2 Å². The monoisotopic (exact) mass is 314 g/mol. The zero-order valence-corrected chi connectivity index (χ0v) is 12.4. The van der Waals surface area contributed by atoms with E-state index in [2.05, 4.69) is 10.2 Å². The van der Waals surface area contributed by atoms with Gasteiger partial charge in [0.05, 0.1) is 18.3 Å². The van der Waals surface area contributed by atoms with Crippen LogP contribution >= 0.6 is 0 Å². The van der Waals surface area contributed by atoms with Gasteiger partial charge in [-0.3, -0.25) is 4.90 Å². The molecule has 2 fully saturated rings. The molecule has 0 aromatic heterocycles. The van der Waals surface area contributed by atoms with Crippen molar-refractivity contribution in [1.82, 2.24) is 10.2 Å². The van der Waals surface area contributed by atoms with E-state index >= 15 is 0 Å². The van der Waals surface area contributed by atoms with Crippen molar-refractivity contribution in [3.8, 4) is 0 Å². The van der Waals surface area contributed by atoms with Crippen LogP contribution in [0.2, 0.25) is 0 Å². The van der Waals surface area contributed by atoms with Gasteiger partial charge in [-0.15, -0.1) is 0 Å². The van der Waals surface area contributed by atoms with Crippen molar-refractivity contribution in [2.45, 2.75) is 37.7 Å². The number of benzene rings is 1. The second-order valence-corrected chi connectivity index (χ2v) is 6.00. The smallest absolute Gasteiger partial charge is 0.374 e. The number of ether oxygens (including phenoxy) is 1. The van der Waals surface area contributed by atoms with Crippen molar-refractivity contribution >= 4 is 0 Å². The van der Waals surface area contributed by atoms with E-state index in [1.165, 1.54) is 25.0 Å². The molecule has 1 unspecified atom stereocenters. The Morgan fingerprint density at radius 1 is 1.23 bits per heavy atom. The largest absolute Gasteiger partial charge is 0.416 e. The molecule has 1 saturated heterocycles. The summed E-state index contributed by atoms with van der Waals surface area (Å²) in [4.78, 5) is 2.43. The van der Waals surface area contributed by atoms with Gasteiger partial charge in [-0.05, 0) is 24.5 Å². The summed E-state index contributed by atoms with van der Waals surface area (Å²) in [5, 5.41) is 3.11. The molecule has 1 aromatic rings. The van der Waals surface area contributed by atoms with E-state index in [0.29, 0.717) is 19.2 Å². The summed E-state index contributed by atoms with van der Waals surface area (Å²) in [6.45, 7) is 3.34. The average molecular weight is 314 g/mol. The first-order valence-corrected chi connectivity index (χ1v) is 7.75. The highest BCUT2D eigenvalue weighted by Gasteiger charge is 2.34. The van der Waals surface area contributed by atoms with Crippen LogP contribution in [0.1, 0.15) is 24.0 Å². The molecular weight excluding hydrogens is 293 g/mol. The molecule has 1 N–H and O–H groups in total. The normalized spacial score (nSPS) is 23.7. The third-order valence-corrected chi connectivity index (χ3v) is 4.24. The van der Waals surface area contributed by atoms with E-state index in [-0.39, 0.29) is 18.2 Å². The van der Waals surface area contributed by atoms with Crippen molar-refractivity contribution in [2.75, 3.05) is 26.2 Å². The Hall–Kier alpha value is -1.11. The molecule has 0 amide bonds. The van der Waals surface area contributed by atoms with E-state index in [1.807, 2.05) is 0 Å². The minimum Gasteiger partial charge on any atom is -0.374 e. The fourth-order valence-corrected chi connectivity index (χ4v) is 2.96. The first kappa shape index (κ1) is 15.8. The topological polar surface area (TPSA) is 24.5 Å². The Kier molecular flexibility index (Phi) is 4.70. The van der Waals surface area contributed by atoms with Gasteiger partial charge in [-0.2, -0.15) is 13.2 Å². The SMILES string of the molecule is FC(F)(F)c1ccccc1CNCC1CN(C2CC2)CCO1. The molecule has 1 aliphatic carbocycles. The molecule has 2 aliphatic rings. The Morgan fingerprint density at radius 2 is 2.00 bits per heavy atom. The summed E-state index contributed by atoms with van der Waals surface area (Å²) < 4.78 is 44.4. The molecule has 122 valence electrons. The quantitative estimate of drug-likeness (QED) is 0.904. The summed E-state index contributed by atoms with van der Waals surface area (Å²) in [7, 11) is 0. The lowest BCUT2D eigenvalue weighted by Crippen LogP contribution is -2.47. The predicted molar refractivity (Wildman–Crippen MR) is 77.5 cm³/mol. The van der Waals surface area contributed by atoms with E-state index in [1.54, 1.807) is 6.07 Å². The van der Waals surface area contributed by atoms with Crippen LogP contribution in [0.4, 0.5) is 13.2 Å². The lowest BCUT2D eigenvalue weighted by molar-refractivity contribution is -0.138. The number of hydrogen-bond donors (Lipinski definition) is 1. The molecule has 1 saturated carbocycles. The van der Waals surface area contributed by atoms with Gasteiger partial charge >= 0.3 is 6.18 Å². The van der Waals surface area contributed by atoms with Crippen LogP contribution in [0.15, 0.2) is 24.3 Å². The third kappa shape index (κ3) is 4.00. The lowest BCUT2D eigenvalue weighted by Gasteiger charge is -2.33. The summed E-state index contributed by atoms with van der Waals surface area (Å²) in [5.74, 6) is 0. The Labute approximate surface area is 128 Å². The van der Waals surface area contributed by atoms with Gasteiger partial charge in [0.2, 0.25) is 0 Å². The third-order valence-electron chi connectivity index (χ3n) is 4.24. The highest BCUT2D eigenvalue weighted by molar-refractivity contribution is 5.29. The second kappa shape index (κ2) is 6.56. The van der Waals surface area contributed by atoms with Crippen LogP contribution < -0.4 is 5.32 Å². The van der Waals surface area contributed by atoms with Gasteiger partial charge in [0.15, 0.2) is 0 Å². The maximum absolute atomic E-state index is 12.9. The molecule has 6 heteroatoms. The fraction of sp³-hybridized carbons (Fsp3) is 0.625. The van der Waals surface area contributed by atoms with Crippen molar-refractivity contribution in [2.24, 2.45) is 0 Å². The van der Waals surface area contributed by atoms with Crippen LogP contribution in [-0.2, 0) is 17.5 Å². The molecule has 22 heavy (non-hydrogen) atoms. The van der Waals surface area contributed by atoms with Gasteiger partial charge in [-0.25, -0.2) is 0 Å². The molecule has 3 rings (SSSR count).